The first-order chi connectivity index (χ1) is 6.42. The molecule has 0 aromatic rings. The topological polar surface area (TPSA) is 30.5 Å². The molecule has 3 nitrogen and oxygen atoms in total. The molecule has 1 saturated carbocycles. The Morgan fingerprint density at radius 1 is 1.38 bits per heavy atom. The minimum atomic E-state index is 0.497. The van der Waals surface area contributed by atoms with Crippen molar-refractivity contribution in [3.05, 3.63) is 0 Å². The zero-order chi connectivity index (χ0) is 9.10. The maximum atomic E-state index is 5.72. The van der Waals surface area contributed by atoms with Gasteiger partial charge in [-0.05, 0) is 25.2 Å². The van der Waals surface area contributed by atoms with E-state index >= 15 is 0 Å². The summed E-state index contributed by atoms with van der Waals surface area (Å²) in [6.45, 7) is 2.69. The first kappa shape index (κ1) is 9.44. The van der Waals surface area contributed by atoms with E-state index in [1.807, 2.05) is 0 Å². The van der Waals surface area contributed by atoms with Crippen molar-refractivity contribution >= 4 is 0 Å². The molecule has 76 valence electrons. The van der Waals surface area contributed by atoms with Gasteiger partial charge in [-0.3, -0.25) is 0 Å². The van der Waals surface area contributed by atoms with E-state index in [9.17, 15) is 0 Å². The van der Waals surface area contributed by atoms with Gasteiger partial charge in [-0.2, -0.15) is 0 Å². The minimum Gasteiger partial charge on any atom is -0.383 e. The number of hydrogen-bond acceptors (Lipinski definition) is 3. The number of methoxy groups -OCH3 is 1. The van der Waals surface area contributed by atoms with Crippen LogP contribution in [0.2, 0.25) is 0 Å². The maximum Gasteiger partial charge on any atom is 0.0756 e. The Labute approximate surface area is 79.8 Å². The summed E-state index contributed by atoms with van der Waals surface area (Å²) in [7, 11) is 1.74. The van der Waals surface area contributed by atoms with Crippen LogP contribution in [-0.2, 0) is 9.47 Å². The van der Waals surface area contributed by atoms with E-state index in [0.29, 0.717) is 12.1 Å². The number of rotatable bonds is 5. The second-order valence-corrected chi connectivity index (χ2v) is 4.01. The number of nitrogens with one attached hydrogen (secondary N) is 1. The third kappa shape index (κ3) is 2.42. The lowest BCUT2D eigenvalue weighted by atomic mass is 10.1. The van der Waals surface area contributed by atoms with Gasteiger partial charge < -0.3 is 14.8 Å². The molecule has 13 heavy (non-hydrogen) atoms. The molecule has 0 aromatic heterocycles. The van der Waals surface area contributed by atoms with Gasteiger partial charge in [0.25, 0.3) is 0 Å². The van der Waals surface area contributed by atoms with Crippen molar-refractivity contribution in [2.45, 2.75) is 31.4 Å². The summed E-state index contributed by atoms with van der Waals surface area (Å²) in [6.07, 6.45) is 4.40. The molecule has 2 aliphatic rings. The molecule has 2 rings (SSSR count). The highest BCUT2D eigenvalue weighted by molar-refractivity contribution is 4.93. The molecule has 2 fully saturated rings. The van der Waals surface area contributed by atoms with Crippen LogP contribution in [0, 0.1) is 5.92 Å². The van der Waals surface area contributed by atoms with Gasteiger partial charge in [-0.25, -0.2) is 0 Å². The van der Waals surface area contributed by atoms with Gasteiger partial charge in [0.1, 0.15) is 0 Å². The number of hydrogen-bond donors (Lipinski definition) is 1. The van der Waals surface area contributed by atoms with Crippen molar-refractivity contribution in [1.82, 2.24) is 5.32 Å². The van der Waals surface area contributed by atoms with Crippen LogP contribution >= 0.6 is 0 Å². The molecule has 2 atom stereocenters. The van der Waals surface area contributed by atoms with Gasteiger partial charge >= 0.3 is 0 Å². The van der Waals surface area contributed by atoms with Gasteiger partial charge in [0.2, 0.25) is 0 Å². The second-order valence-electron chi connectivity index (χ2n) is 4.01. The highest BCUT2D eigenvalue weighted by Crippen LogP contribution is 2.38. The summed E-state index contributed by atoms with van der Waals surface area (Å²) in [5, 5.41) is 3.50. The summed E-state index contributed by atoms with van der Waals surface area (Å²) < 4.78 is 10.7. The molecule has 1 aliphatic carbocycles. The fourth-order valence-electron chi connectivity index (χ4n) is 2.07. The lowest BCUT2D eigenvalue weighted by Gasteiger charge is -2.19. The molecule has 1 N–H and O–H groups in total. The molecule has 2 unspecified atom stereocenters. The Morgan fingerprint density at radius 3 is 2.92 bits per heavy atom. The van der Waals surface area contributed by atoms with Gasteiger partial charge in [0.05, 0.1) is 12.7 Å². The van der Waals surface area contributed by atoms with E-state index < -0.39 is 0 Å². The molecular formula is C10H19NO2. The van der Waals surface area contributed by atoms with Gasteiger partial charge in [0.15, 0.2) is 0 Å². The summed E-state index contributed by atoms with van der Waals surface area (Å²) in [4.78, 5) is 0. The van der Waals surface area contributed by atoms with Crippen molar-refractivity contribution in [2.75, 3.05) is 26.9 Å². The highest BCUT2D eigenvalue weighted by atomic mass is 16.5. The maximum absolute atomic E-state index is 5.72. The Morgan fingerprint density at radius 2 is 2.23 bits per heavy atom. The first-order valence-electron chi connectivity index (χ1n) is 5.25. The van der Waals surface area contributed by atoms with Crippen LogP contribution in [0.25, 0.3) is 0 Å². The SMILES string of the molecule is COCCNC1CCOC1C1CC1. The fourth-order valence-corrected chi connectivity index (χ4v) is 2.07. The van der Waals surface area contributed by atoms with Crippen LogP contribution in [0.3, 0.4) is 0 Å². The molecule has 0 bridgehead atoms. The predicted molar refractivity (Wildman–Crippen MR) is 50.7 cm³/mol. The van der Waals surface area contributed by atoms with Crippen LogP contribution in [0.15, 0.2) is 0 Å². The average molecular weight is 185 g/mol. The molecular weight excluding hydrogens is 166 g/mol. The first-order valence-corrected chi connectivity index (χ1v) is 5.25. The monoisotopic (exact) mass is 185 g/mol. The Bertz CT molecular complexity index is 159. The zero-order valence-corrected chi connectivity index (χ0v) is 8.29. The molecule has 0 amide bonds. The van der Waals surface area contributed by atoms with Crippen molar-refractivity contribution in [2.24, 2.45) is 5.92 Å². The van der Waals surface area contributed by atoms with Crippen LogP contribution < -0.4 is 5.32 Å². The van der Waals surface area contributed by atoms with Gasteiger partial charge in [-0.15, -0.1) is 0 Å². The molecule has 3 heteroatoms. The lowest BCUT2D eigenvalue weighted by molar-refractivity contribution is 0.0793. The minimum absolute atomic E-state index is 0.497. The Balaban J connectivity index is 1.70. The number of ether oxygens (including phenoxy) is 2. The molecule has 1 aliphatic heterocycles. The van der Waals surface area contributed by atoms with E-state index in [1.165, 1.54) is 19.3 Å². The Kier molecular flexibility index (Phi) is 3.19. The standard InChI is InChI=1S/C10H19NO2/c1-12-7-5-11-9-4-6-13-10(9)8-2-3-8/h8-11H,2-7H2,1H3. The molecule has 0 spiro atoms. The normalized spacial score (nSPS) is 33.9. The van der Waals surface area contributed by atoms with Crippen molar-refractivity contribution in [3.63, 3.8) is 0 Å². The summed E-state index contributed by atoms with van der Waals surface area (Å²) in [5.41, 5.74) is 0. The van der Waals surface area contributed by atoms with E-state index in [0.717, 1.165) is 25.7 Å². The van der Waals surface area contributed by atoms with Crippen molar-refractivity contribution in [1.29, 1.82) is 0 Å². The average Bonchev–Trinajstić information content (AvgIpc) is 2.88. The van der Waals surface area contributed by atoms with Crippen LogP contribution in [0.1, 0.15) is 19.3 Å². The third-order valence-corrected chi connectivity index (χ3v) is 2.94. The summed E-state index contributed by atoms with van der Waals surface area (Å²) in [5.74, 6) is 0.850. The van der Waals surface area contributed by atoms with E-state index in [-0.39, 0.29) is 0 Å². The fraction of sp³-hybridized carbons (Fsp3) is 1.00. The largest absolute Gasteiger partial charge is 0.383 e. The van der Waals surface area contributed by atoms with Crippen molar-refractivity contribution in [3.8, 4) is 0 Å². The van der Waals surface area contributed by atoms with Crippen LogP contribution in [-0.4, -0.2) is 39.0 Å². The van der Waals surface area contributed by atoms with E-state index in [2.05, 4.69) is 5.32 Å². The quantitative estimate of drug-likeness (QED) is 0.642. The van der Waals surface area contributed by atoms with Crippen molar-refractivity contribution < 1.29 is 9.47 Å². The molecule has 1 saturated heterocycles. The zero-order valence-electron chi connectivity index (χ0n) is 8.29. The Hall–Kier alpha value is -0.120. The van der Waals surface area contributed by atoms with E-state index in [1.54, 1.807) is 7.11 Å². The van der Waals surface area contributed by atoms with Gasteiger partial charge in [-0.1, -0.05) is 0 Å². The van der Waals surface area contributed by atoms with Crippen LogP contribution in [0.5, 0.6) is 0 Å². The predicted octanol–water partition coefficient (Wildman–Crippen LogP) is 0.790. The van der Waals surface area contributed by atoms with Gasteiger partial charge in [0, 0.05) is 26.3 Å². The molecule has 0 aromatic carbocycles. The smallest absolute Gasteiger partial charge is 0.0756 e. The molecule has 1 heterocycles. The highest BCUT2D eigenvalue weighted by Gasteiger charge is 2.40. The second kappa shape index (κ2) is 4.40. The summed E-state index contributed by atoms with van der Waals surface area (Å²) in [6, 6.07) is 0.586. The van der Waals surface area contributed by atoms with E-state index in [4.69, 9.17) is 9.47 Å². The lowest BCUT2D eigenvalue weighted by Crippen LogP contribution is -2.39. The van der Waals surface area contributed by atoms with Crippen LogP contribution in [0.4, 0.5) is 0 Å². The molecule has 0 radical (unpaired) electrons. The third-order valence-electron chi connectivity index (χ3n) is 2.94. The summed E-state index contributed by atoms with van der Waals surface area (Å²) >= 11 is 0.